The number of esters is 1. The molecule has 0 aliphatic carbocycles. The Labute approximate surface area is 85.6 Å². The summed E-state index contributed by atoms with van der Waals surface area (Å²) >= 11 is 11.3. The largest absolute Gasteiger partial charge is 0.462 e. The molecule has 0 aromatic carbocycles. The molecule has 0 amide bonds. The summed E-state index contributed by atoms with van der Waals surface area (Å²) in [6.07, 6.45) is 2.68. The van der Waals surface area contributed by atoms with Crippen molar-refractivity contribution in [2.45, 2.75) is 12.0 Å². The van der Waals surface area contributed by atoms with Crippen LogP contribution in [0, 0.1) is 0 Å². The number of carbonyl (C=O) groups excluding carboxylic acids is 1. The first kappa shape index (κ1) is 10.3. The highest BCUT2D eigenvalue weighted by molar-refractivity contribution is 6.41. The molecule has 0 bridgehead atoms. The van der Waals surface area contributed by atoms with Gasteiger partial charge in [-0.05, 0) is 6.92 Å². The number of halogens is 2. The van der Waals surface area contributed by atoms with E-state index in [9.17, 15) is 4.79 Å². The topological polar surface area (TPSA) is 50.7 Å². The van der Waals surface area contributed by atoms with Gasteiger partial charge >= 0.3 is 11.1 Å². The highest BCUT2D eigenvalue weighted by Crippen LogP contribution is 2.19. The van der Waals surface area contributed by atoms with E-state index in [1.54, 1.807) is 6.92 Å². The number of aliphatic imine (C=N–C) groups is 1. The molecule has 1 aliphatic rings. The lowest BCUT2D eigenvalue weighted by Crippen LogP contribution is -2.45. The molecule has 0 saturated heterocycles. The van der Waals surface area contributed by atoms with Gasteiger partial charge in [-0.3, -0.25) is 0 Å². The van der Waals surface area contributed by atoms with E-state index < -0.39 is 11.1 Å². The van der Waals surface area contributed by atoms with Crippen LogP contribution in [0.2, 0.25) is 0 Å². The van der Waals surface area contributed by atoms with Crippen molar-refractivity contribution in [3.63, 3.8) is 0 Å². The molecule has 1 heterocycles. The summed E-state index contributed by atoms with van der Waals surface area (Å²) < 4.78 is 4.70. The average Bonchev–Trinajstić information content (AvgIpc) is 2.11. The van der Waals surface area contributed by atoms with Gasteiger partial charge in [-0.1, -0.05) is 23.2 Å². The minimum absolute atomic E-state index is 0.252. The van der Waals surface area contributed by atoms with Crippen molar-refractivity contribution in [3.8, 4) is 0 Å². The van der Waals surface area contributed by atoms with Crippen molar-refractivity contribution in [1.82, 2.24) is 5.32 Å². The summed E-state index contributed by atoms with van der Waals surface area (Å²) in [5, 5.41) is 1.34. The first-order chi connectivity index (χ1) is 6.08. The van der Waals surface area contributed by atoms with E-state index in [1.807, 2.05) is 0 Å². The molecule has 0 radical (unpaired) electrons. The molecule has 0 aromatic rings. The number of nitrogens with zero attached hydrogens (tertiary/aromatic N) is 1. The van der Waals surface area contributed by atoms with Crippen LogP contribution in [-0.4, -0.2) is 23.9 Å². The fourth-order valence-electron chi connectivity index (χ4n) is 0.728. The lowest BCUT2D eigenvalue weighted by Gasteiger charge is -2.22. The Morgan fingerprint density at radius 2 is 2.54 bits per heavy atom. The predicted octanol–water partition coefficient (Wildman–Crippen LogP) is 1.20. The van der Waals surface area contributed by atoms with Crippen molar-refractivity contribution in [3.05, 3.63) is 11.2 Å². The third kappa shape index (κ3) is 2.35. The van der Waals surface area contributed by atoms with E-state index in [2.05, 4.69) is 10.3 Å². The number of alkyl halides is 1. The fraction of sp³-hybridized carbons (Fsp3) is 0.429. The summed E-state index contributed by atoms with van der Waals surface area (Å²) in [4.78, 5) is 14.9. The van der Waals surface area contributed by atoms with E-state index in [1.165, 1.54) is 12.4 Å². The lowest BCUT2D eigenvalue weighted by atomic mass is 10.4. The van der Waals surface area contributed by atoms with Gasteiger partial charge in [-0.15, -0.1) is 0 Å². The van der Waals surface area contributed by atoms with Gasteiger partial charge in [0, 0.05) is 12.4 Å². The molecule has 13 heavy (non-hydrogen) atoms. The zero-order chi connectivity index (χ0) is 9.90. The second kappa shape index (κ2) is 3.98. The third-order valence-corrected chi connectivity index (χ3v) is 1.88. The Balaban J connectivity index is 2.70. The Morgan fingerprint density at radius 1 is 1.85 bits per heavy atom. The minimum atomic E-state index is -1.56. The molecule has 0 aromatic heterocycles. The maximum atomic E-state index is 11.2. The van der Waals surface area contributed by atoms with Gasteiger partial charge < -0.3 is 10.1 Å². The molecule has 1 aliphatic heterocycles. The first-order valence-corrected chi connectivity index (χ1v) is 4.39. The predicted molar refractivity (Wildman–Crippen MR) is 50.8 cm³/mol. The Bertz CT molecular complexity index is 278. The monoisotopic (exact) mass is 222 g/mol. The van der Waals surface area contributed by atoms with Gasteiger partial charge in [0.2, 0.25) is 0 Å². The van der Waals surface area contributed by atoms with E-state index in [0.717, 1.165) is 0 Å². The number of allylic oxidation sites excluding steroid dienone is 1. The quantitative estimate of drug-likeness (QED) is 0.434. The second-order valence-electron chi connectivity index (χ2n) is 2.27. The smallest absolute Gasteiger partial charge is 0.371 e. The molecule has 4 nitrogen and oxygen atoms in total. The molecule has 1 rings (SSSR count). The molecule has 1 unspecified atom stereocenters. The number of rotatable bonds is 2. The zero-order valence-corrected chi connectivity index (χ0v) is 8.39. The van der Waals surface area contributed by atoms with Crippen LogP contribution in [-0.2, 0) is 9.53 Å². The molecule has 72 valence electrons. The lowest BCUT2D eigenvalue weighted by molar-refractivity contribution is -0.146. The van der Waals surface area contributed by atoms with Crippen LogP contribution < -0.4 is 5.32 Å². The summed E-state index contributed by atoms with van der Waals surface area (Å²) in [7, 11) is 0. The summed E-state index contributed by atoms with van der Waals surface area (Å²) in [6.45, 7) is 1.94. The number of hydrogen-bond donors (Lipinski definition) is 1. The average molecular weight is 223 g/mol. The maximum absolute atomic E-state index is 11.2. The van der Waals surface area contributed by atoms with Gasteiger partial charge in [0.05, 0.1) is 11.6 Å². The number of carbonyl (C=O) groups is 1. The molecular formula is C7H8Cl2N2O2. The molecule has 1 atom stereocenters. The Morgan fingerprint density at radius 3 is 3.00 bits per heavy atom. The molecular weight excluding hydrogens is 215 g/mol. The standard InChI is InChI=1S/C7H8Cl2N2O2/c1-2-13-6(12)7(9)10-3-5(8)4-11-7/h3-4,10H,2H2,1H3. The Kier molecular flexibility index (Phi) is 3.17. The van der Waals surface area contributed by atoms with Crippen LogP contribution in [0.5, 0.6) is 0 Å². The van der Waals surface area contributed by atoms with Crippen molar-refractivity contribution in [1.29, 1.82) is 0 Å². The summed E-state index contributed by atoms with van der Waals surface area (Å²) in [6, 6.07) is 0. The third-order valence-electron chi connectivity index (χ3n) is 1.31. The van der Waals surface area contributed by atoms with Crippen LogP contribution in [0.25, 0.3) is 0 Å². The van der Waals surface area contributed by atoms with Crippen molar-refractivity contribution < 1.29 is 9.53 Å². The number of hydrogen-bond acceptors (Lipinski definition) is 4. The first-order valence-electron chi connectivity index (χ1n) is 3.63. The Hall–Kier alpha value is -0.740. The van der Waals surface area contributed by atoms with E-state index >= 15 is 0 Å². The fourth-order valence-corrected chi connectivity index (χ4v) is 0.989. The minimum Gasteiger partial charge on any atom is -0.462 e. The van der Waals surface area contributed by atoms with E-state index in [0.29, 0.717) is 5.03 Å². The normalized spacial score (nSPS) is 26.2. The molecule has 6 heteroatoms. The van der Waals surface area contributed by atoms with Crippen LogP contribution in [0.15, 0.2) is 16.2 Å². The van der Waals surface area contributed by atoms with Crippen LogP contribution in [0.4, 0.5) is 0 Å². The SMILES string of the molecule is CCOC(=O)C1(Cl)N=CC(Cl)=CN1. The van der Waals surface area contributed by atoms with Crippen molar-refractivity contribution >= 4 is 35.4 Å². The zero-order valence-electron chi connectivity index (χ0n) is 6.88. The number of ether oxygens (including phenoxy) is 1. The summed E-state index contributed by atoms with van der Waals surface area (Å²) in [5.74, 6) is -0.645. The highest BCUT2D eigenvalue weighted by atomic mass is 35.5. The van der Waals surface area contributed by atoms with Gasteiger partial charge in [0.25, 0.3) is 0 Å². The van der Waals surface area contributed by atoms with Crippen LogP contribution in [0.1, 0.15) is 6.92 Å². The van der Waals surface area contributed by atoms with Crippen LogP contribution in [0.3, 0.4) is 0 Å². The molecule has 1 N–H and O–H groups in total. The second-order valence-corrected chi connectivity index (χ2v) is 3.26. The molecule has 0 spiro atoms. The number of nitrogens with one attached hydrogen (secondary N) is 1. The van der Waals surface area contributed by atoms with Gasteiger partial charge in [0.15, 0.2) is 0 Å². The highest BCUT2D eigenvalue weighted by Gasteiger charge is 2.37. The van der Waals surface area contributed by atoms with Gasteiger partial charge in [0.1, 0.15) is 0 Å². The van der Waals surface area contributed by atoms with E-state index in [-0.39, 0.29) is 6.61 Å². The van der Waals surface area contributed by atoms with Crippen molar-refractivity contribution in [2.24, 2.45) is 4.99 Å². The molecule has 0 fully saturated rings. The van der Waals surface area contributed by atoms with Crippen LogP contribution >= 0.6 is 23.2 Å². The molecule has 0 saturated carbocycles. The summed E-state index contributed by atoms with van der Waals surface area (Å²) in [5.41, 5.74) is 0. The van der Waals surface area contributed by atoms with E-state index in [4.69, 9.17) is 27.9 Å². The van der Waals surface area contributed by atoms with Crippen molar-refractivity contribution in [2.75, 3.05) is 6.61 Å². The maximum Gasteiger partial charge on any atom is 0.371 e. The van der Waals surface area contributed by atoms with Gasteiger partial charge in [-0.25, -0.2) is 9.79 Å². The van der Waals surface area contributed by atoms with Gasteiger partial charge in [-0.2, -0.15) is 0 Å².